The number of halogens is 1. The lowest BCUT2D eigenvalue weighted by molar-refractivity contribution is -0.122. The molecule has 1 atom stereocenters. The third-order valence-electron chi connectivity index (χ3n) is 4.04. The number of hydrogen-bond donors (Lipinski definition) is 2. The number of aromatic carboxylic acids is 1. The summed E-state index contributed by atoms with van der Waals surface area (Å²) in [6, 6.07) is 4.77. The van der Waals surface area contributed by atoms with Gasteiger partial charge in [-0.3, -0.25) is 4.79 Å². The van der Waals surface area contributed by atoms with Gasteiger partial charge in [0.15, 0.2) is 0 Å². The molecule has 0 spiro atoms. The van der Waals surface area contributed by atoms with Crippen molar-refractivity contribution in [3.05, 3.63) is 28.2 Å². The number of benzene rings is 1. The monoisotopic (exact) mass is 339 g/mol. The van der Waals surface area contributed by atoms with E-state index in [1.165, 1.54) is 6.07 Å². The van der Waals surface area contributed by atoms with Crippen LogP contribution in [0, 0.1) is 11.3 Å². The van der Waals surface area contributed by atoms with Crippen LogP contribution in [-0.2, 0) is 4.79 Å². The molecule has 5 heteroatoms. The van der Waals surface area contributed by atoms with Gasteiger partial charge in [0.05, 0.1) is 11.3 Å². The standard InChI is InChI=1S/C15H18BrNO3/c1-15(2)7-3-4-11(15)13(18)17-12-8-9(16)5-6-10(12)14(19)20/h5-6,8,11H,3-4,7H2,1-2H3,(H,17,18)(H,19,20). The van der Waals surface area contributed by atoms with E-state index in [9.17, 15) is 14.7 Å². The molecule has 1 aromatic carbocycles. The smallest absolute Gasteiger partial charge is 0.337 e. The van der Waals surface area contributed by atoms with E-state index in [0.29, 0.717) is 5.69 Å². The molecule has 1 saturated carbocycles. The van der Waals surface area contributed by atoms with E-state index in [1.807, 2.05) is 0 Å². The molecule has 0 heterocycles. The van der Waals surface area contributed by atoms with E-state index in [4.69, 9.17) is 0 Å². The number of nitrogens with one attached hydrogen (secondary N) is 1. The fourth-order valence-corrected chi connectivity index (χ4v) is 3.20. The van der Waals surface area contributed by atoms with Gasteiger partial charge in [0.1, 0.15) is 0 Å². The van der Waals surface area contributed by atoms with Gasteiger partial charge in [-0.2, -0.15) is 0 Å². The third-order valence-corrected chi connectivity index (χ3v) is 4.54. The summed E-state index contributed by atoms with van der Waals surface area (Å²) in [7, 11) is 0. The summed E-state index contributed by atoms with van der Waals surface area (Å²) in [4.78, 5) is 23.6. The summed E-state index contributed by atoms with van der Waals surface area (Å²) in [6.45, 7) is 4.17. The number of carboxylic acids is 1. The molecule has 0 radical (unpaired) electrons. The molecule has 2 rings (SSSR count). The molecule has 1 fully saturated rings. The highest BCUT2D eigenvalue weighted by atomic mass is 79.9. The van der Waals surface area contributed by atoms with E-state index in [-0.39, 0.29) is 22.8 Å². The van der Waals surface area contributed by atoms with Crippen LogP contribution in [0.5, 0.6) is 0 Å². The summed E-state index contributed by atoms with van der Waals surface area (Å²) in [5.74, 6) is -1.20. The fourth-order valence-electron chi connectivity index (χ4n) is 2.84. The van der Waals surface area contributed by atoms with Gasteiger partial charge in [-0.25, -0.2) is 4.79 Å². The van der Waals surface area contributed by atoms with E-state index in [1.54, 1.807) is 12.1 Å². The second-order valence-corrected chi connectivity index (χ2v) is 6.83. The Hall–Kier alpha value is -1.36. The Bertz CT molecular complexity index is 554. The lowest BCUT2D eigenvalue weighted by Crippen LogP contribution is -2.31. The molecule has 4 nitrogen and oxygen atoms in total. The molecule has 1 aliphatic rings. The van der Waals surface area contributed by atoms with Crippen LogP contribution in [0.15, 0.2) is 22.7 Å². The number of amides is 1. The van der Waals surface area contributed by atoms with Gasteiger partial charge in [-0.1, -0.05) is 36.2 Å². The van der Waals surface area contributed by atoms with Crippen molar-refractivity contribution in [2.75, 3.05) is 5.32 Å². The van der Waals surface area contributed by atoms with Crippen molar-refractivity contribution in [2.45, 2.75) is 33.1 Å². The van der Waals surface area contributed by atoms with Crippen LogP contribution in [0.1, 0.15) is 43.5 Å². The summed E-state index contributed by atoms with van der Waals surface area (Å²) in [5, 5.41) is 12.0. The van der Waals surface area contributed by atoms with E-state index in [0.717, 1.165) is 23.7 Å². The van der Waals surface area contributed by atoms with Crippen molar-refractivity contribution in [2.24, 2.45) is 11.3 Å². The summed E-state index contributed by atoms with van der Waals surface area (Å²) < 4.78 is 0.739. The first kappa shape index (κ1) is 15.0. The minimum Gasteiger partial charge on any atom is -0.478 e. The molecule has 1 aliphatic carbocycles. The van der Waals surface area contributed by atoms with Crippen LogP contribution >= 0.6 is 15.9 Å². The highest BCUT2D eigenvalue weighted by Crippen LogP contribution is 2.43. The number of carbonyl (C=O) groups excluding carboxylic acids is 1. The molecule has 2 N–H and O–H groups in total. The third kappa shape index (κ3) is 3.03. The Labute approximate surface area is 126 Å². The molecular formula is C15H18BrNO3. The zero-order chi connectivity index (χ0) is 14.9. The van der Waals surface area contributed by atoms with Crippen molar-refractivity contribution in [1.82, 2.24) is 0 Å². The molecule has 0 aromatic heterocycles. The first-order valence-corrected chi connectivity index (χ1v) is 7.44. The van der Waals surface area contributed by atoms with Crippen LogP contribution in [0.4, 0.5) is 5.69 Å². The molecule has 20 heavy (non-hydrogen) atoms. The zero-order valence-electron chi connectivity index (χ0n) is 11.6. The molecule has 0 saturated heterocycles. The van der Waals surface area contributed by atoms with Gasteiger partial charge < -0.3 is 10.4 Å². The topological polar surface area (TPSA) is 66.4 Å². The van der Waals surface area contributed by atoms with Crippen molar-refractivity contribution >= 4 is 33.5 Å². The maximum Gasteiger partial charge on any atom is 0.337 e. The predicted molar refractivity (Wildman–Crippen MR) is 80.9 cm³/mol. The molecule has 0 bridgehead atoms. The van der Waals surface area contributed by atoms with Crippen LogP contribution in [0.3, 0.4) is 0 Å². The Morgan fingerprint density at radius 3 is 2.65 bits per heavy atom. The fraction of sp³-hybridized carbons (Fsp3) is 0.467. The van der Waals surface area contributed by atoms with E-state index < -0.39 is 5.97 Å². The van der Waals surface area contributed by atoms with Gasteiger partial charge in [0.2, 0.25) is 5.91 Å². The number of carboxylic acid groups (broad SMARTS) is 1. The van der Waals surface area contributed by atoms with Crippen LogP contribution in [-0.4, -0.2) is 17.0 Å². The number of anilines is 1. The highest BCUT2D eigenvalue weighted by Gasteiger charge is 2.39. The molecule has 1 amide bonds. The van der Waals surface area contributed by atoms with Crippen LogP contribution in [0.25, 0.3) is 0 Å². The molecule has 108 valence electrons. The van der Waals surface area contributed by atoms with Crippen molar-refractivity contribution in [1.29, 1.82) is 0 Å². The second kappa shape index (κ2) is 5.56. The van der Waals surface area contributed by atoms with Crippen LogP contribution in [0.2, 0.25) is 0 Å². The van der Waals surface area contributed by atoms with Crippen molar-refractivity contribution in [3.8, 4) is 0 Å². The van der Waals surface area contributed by atoms with Gasteiger partial charge in [-0.05, 0) is 36.5 Å². The van der Waals surface area contributed by atoms with Gasteiger partial charge in [0.25, 0.3) is 0 Å². The maximum atomic E-state index is 12.4. The number of rotatable bonds is 3. The Morgan fingerprint density at radius 1 is 1.40 bits per heavy atom. The second-order valence-electron chi connectivity index (χ2n) is 5.92. The normalized spacial score (nSPS) is 20.6. The minimum absolute atomic E-state index is 0.0283. The SMILES string of the molecule is CC1(C)CCCC1C(=O)Nc1cc(Br)ccc1C(=O)O. The first-order valence-electron chi connectivity index (χ1n) is 6.65. The Morgan fingerprint density at radius 2 is 2.10 bits per heavy atom. The zero-order valence-corrected chi connectivity index (χ0v) is 13.2. The molecule has 0 aliphatic heterocycles. The number of hydrogen-bond acceptors (Lipinski definition) is 2. The highest BCUT2D eigenvalue weighted by molar-refractivity contribution is 9.10. The Kier molecular flexibility index (Phi) is 4.18. The lowest BCUT2D eigenvalue weighted by Gasteiger charge is -2.26. The van der Waals surface area contributed by atoms with Crippen LogP contribution < -0.4 is 5.32 Å². The quantitative estimate of drug-likeness (QED) is 0.877. The lowest BCUT2D eigenvalue weighted by atomic mass is 9.81. The average molecular weight is 340 g/mol. The predicted octanol–water partition coefficient (Wildman–Crippen LogP) is 3.91. The Balaban J connectivity index is 2.24. The number of carbonyl (C=O) groups is 2. The summed E-state index contributed by atoms with van der Waals surface area (Å²) in [6.07, 6.45) is 2.92. The van der Waals surface area contributed by atoms with E-state index in [2.05, 4.69) is 35.1 Å². The average Bonchev–Trinajstić information content (AvgIpc) is 2.68. The largest absolute Gasteiger partial charge is 0.478 e. The van der Waals surface area contributed by atoms with Gasteiger partial charge >= 0.3 is 5.97 Å². The summed E-state index contributed by atoms with van der Waals surface area (Å²) in [5.41, 5.74) is 0.427. The van der Waals surface area contributed by atoms with Gasteiger partial charge in [0, 0.05) is 10.4 Å². The van der Waals surface area contributed by atoms with Crippen molar-refractivity contribution in [3.63, 3.8) is 0 Å². The maximum absolute atomic E-state index is 12.4. The minimum atomic E-state index is -1.04. The van der Waals surface area contributed by atoms with Crippen molar-refractivity contribution < 1.29 is 14.7 Å². The van der Waals surface area contributed by atoms with Gasteiger partial charge in [-0.15, -0.1) is 0 Å². The van der Waals surface area contributed by atoms with E-state index >= 15 is 0 Å². The molecule has 1 aromatic rings. The first-order chi connectivity index (χ1) is 9.31. The molecular weight excluding hydrogens is 322 g/mol. The summed E-state index contributed by atoms with van der Waals surface area (Å²) >= 11 is 3.30. The molecule has 1 unspecified atom stereocenters.